The molecular weight excluding hydrogens is 336 g/mol. The highest BCUT2D eigenvalue weighted by Crippen LogP contribution is 2.26. The van der Waals surface area contributed by atoms with Crippen LogP contribution in [0.5, 0.6) is 0 Å². The van der Waals surface area contributed by atoms with Crippen LogP contribution in [-0.4, -0.2) is 11.8 Å². The Morgan fingerprint density at radius 3 is 2.30 bits per heavy atom. The van der Waals surface area contributed by atoms with Crippen LogP contribution >= 0.6 is 0 Å². The Morgan fingerprint density at radius 2 is 1.59 bits per heavy atom. The maximum atomic E-state index is 12.6. The largest absolute Gasteiger partial charge is 0.325 e. The Hall–Kier alpha value is -2.62. The average molecular weight is 367 g/mol. The van der Waals surface area contributed by atoms with Crippen molar-refractivity contribution in [3.05, 3.63) is 59.7 Å². The Balaban J connectivity index is 0.00000126. The van der Waals surface area contributed by atoms with E-state index in [1.165, 1.54) is 6.42 Å². The highest BCUT2D eigenvalue weighted by molar-refractivity contribution is 6.10. The molecule has 0 atom stereocenters. The van der Waals surface area contributed by atoms with Crippen LogP contribution in [0.4, 0.5) is 11.4 Å². The van der Waals surface area contributed by atoms with Crippen molar-refractivity contribution in [2.45, 2.75) is 52.9 Å². The first-order chi connectivity index (χ1) is 13.1. The molecule has 0 unspecified atom stereocenters. The molecule has 1 aliphatic carbocycles. The predicted octanol–water partition coefficient (Wildman–Crippen LogP) is 5.79. The van der Waals surface area contributed by atoms with E-state index >= 15 is 0 Å². The SMILES string of the molecule is CC.Cc1cccc(NC(=O)c2ccccc2NC(=O)C2CCCCC2)c1. The molecule has 1 saturated carbocycles. The number of hydrogen-bond acceptors (Lipinski definition) is 2. The van der Waals surface area contributed by atoms with Crippen LogP contribution in [0.3, 0.4) is 0 Å². The van der Waals surface area contributed by atoms with Crippen LogP contribution in [0.2, 0.25) is 0 Å². The third-order valence-electron chi connectivity index (χ3n) is 4.68. The molecule has 0 aromatic heterocycles. The molecule has 4 heteroatoms. The average Bonchev–Trinajstić information content (AvgIpc) is 2.70. The number of benzene rings is 2. The van der Waals surface area contributed by atoms with E-state index in [1.807, 2.05) is 51.1 Å². The molecule has 2 N–H and O–H groups in total. The molecule has 0 bridgehead atoms. The number of aryl methyl sites for hydroxylation is 1. The van der Waals surface area contributed by atoms with Crippen molar-refractivity contribution in [3.63, 3.8) is 0 Å². The van der Waals surface area contributed by atoms with Crippen molar-refractivity contribution in [3.8, 4) is 0 Å². The molecule has 4 nitrogen and oxygen atoms in total. The lowest BCUT2D eigenvalue weighted by Gasteiger charge is -2.21. The summed E-state index contributed by atoms with van der Waals surface area (Å²) < 4.78 is 0. The Kier molecular flexibility index (Phi) is 8.05. The first-order valence-electron chi connectivity index (χ1n) is 9.91. The molecule has 144 valence electrons. The van der Waals surface area contributed by atoms with E-state index in [-0.39, 0.29) is 17.7 Å². The summed E-state index contributed by atoms with van der Waals surface area (Å²) >= 11 is 0. The van der Waals surface area contributed by atoms with Crippen LogP contribution in [0.1, 0.15) is 61.9 Å². The fraction of sp³-hybridized carbons (Fsp3) is 0.391. The number of carbonyl (C=O) groups is 2. The van der Waals surface area contributed by atoms with Gasteiger partial charge in [-0.3, -0.25) is 9.59 Å². The van der Waals surface area contributed by atoms with Crippen molar-refractivity contribution in [1.29, 1.82) is 0 Å². The molecule has 0 saturated heterocycles. The van der Waals surface area contributed by atoms with Crippen molar-refractivity contribution < 1.29 is 9.59 Å². The van der Waals surface area contributed by atoms with Gasteiger partial charge in [-0.05, 0) is 49.6 Å². The van der Waals surface area contributed by atoms with Gasteiger partial charge in [0.05, 0.1) is 11.3 Å². The molecule has 2 amide bonds. The number of anilines is 2. The summed E-state index contributed by atoms with van der Waals surface area (Å²) in [5.74, 6) is -0.137. The van der Waals surface area contributed by atoms with Gasteiger partial charge in [0.15, 0.2) is 0 Å². The van der Waals surface area contributed by atoms with E-state index in [0.717, 1.165) is 36.9 Å². The summed E-state index contributed by atoms with van der Waals surface area (Å²) in [5.41, 5.74) is 2.88. The van der Waals surface area contributed by atoms with E-state index < -0.39 is 0 Å². The summed E-state index contributed by atoms with van der Waals surface area (Å²) in [5, 5.41) is 5.86. The van der Waals surface area contributed by atoms with E-state index in [1.54, 1.807) is 18.2 Å². The van der Waals surface area contributed by atoms with Crippen molar-refractivity contribution in [2.75, 3.05) is 10.6 Å². The summed E-state index contributed by atoms with van der Waals surface area (Å²) in [6.45, 7) is 5.98. The highest BCUT2D eigenvalue weighted by Gasteiger charge is 2.22. The minimum Gasteiger partial charge on any atom is -0.325 e. The van der Waals surface area contributed by atoms with Gasteiger partial charge in [-0.2, -0.15) is 0 Å². The van der Waals surface area contributed by atoms with Crippen LogP contribution < -0.4 is 10.6 Å². The molecule has 0 aliphatic heterocycles. The minimum absolute atomic E-state index is 0.0236. The molecule has 1 aliphatic rings. The third kappa shape index (κ3) is 5.95. The van der Waals surface area contributed by atoms with Crippen molar-refractivity contribution in [2.24, 2.45) is 5.92 Å². The van der Waals surface area contributed by atoms with Gasteiger partial charge in [-0.15, -0.1) is 0 Å². The zero-order chi connectivity index (χ0) is 19.6. The van der Waals surface area contributed by atoms with Gasteiger partial charge in [0, 0.05) is 11.6 Å². The molecule has 2 aromatic carbocycles. The lowest BCUT2D eigenvalue weighted by atomic mass is 9.88. The Bertz CT molecular complexity index is 764. The molecule has 0 radical (unpaired) electrons. The fourth-order valence-corrected chi connectivity index (χ4v) is 3.31. The van der Waals surface area contributed by atoms with Gasteiger partial charge in [-0.25, -0.2) is 0 Å². The minimum atomic E-state index is -0.217. The smallest absolute Gasteiger partial charge is 0.257 e. The van der Waals surface area contributed by atoms with E-state index in [0.29, 0.717) is 11.3 Å². The second-order valence-corrected chi connectivity index (χ2v) is 6.69. The molecule has 2 aromatic rings. The number of nitrogens with one attached hydrogen (secondary N) is 2. The summed E-state index contributed by atoms with van der Waals surface area (Å²) in [6, 6.07) is 14.8. The molecule has 0 spiro atoms. The van der Waals surface area contributed by atoms with Gasteiger partial charge in [0.2, 0.25) is 5.91 Å². The Labute approximate surface area is 162 Å². The lowest BCUT2D eigenvalue weighted by molar-refractivity contribution is -0.120. The van der Waals surface area contributed by atoms with E-state index in [4.69, 9.17) is 0 Å². The van der Waals surface area contributed by atoms with E-state index in [9.17, 15) is 9.59 Å². The second kappa shape index (κ2) is 10.5. The number of carbonyl (C=O) groups excluding carboxylic acids is 2. The Morgan fingerprint density at radius 1 is 0.889 bits per heavy atom. The summed E-state index contributed by atoms with van der Waals surface area (Å²) in [6.07, 6.45) is 5.29. The summed E-state index contributed by atoms with van der Waals surface area (Å²) in [7, 11) is 0. The van der Waals surface area contributed by atoms with Crippen LogP contribution in [0.15, 0.2) is 48.5 Å². The van der Waals surface area contributed by atoms with Crippen molar-refractivity contribution in [1.82, 2.24) is 0 Å². The van der Waals surface area contributed by atoms with Gasteiger partial charge < -0.3 is 10.6 Å². The van der Waals surface area contributed by atoms with Crippen LogP contribution in [-0.2, 0) is 4.79 Å². The highest BCUT2D eigenvalue weighted by atomic mass is 16.2. The monoisotopic (exact) mass is 366 g/mol. The summed E-state index contributed by atoms with van der Waals surface area (Å²) in [4.78, 5) is 25.1. The zero-order valence-corrected chi connectivity index (χ0v) is 16.5. The van der Waals surface area contributed by atoms with Crippen LogP contribution in [0.25, 0.3) is 0 Å². The molecular formula is C23H30N2O2. The molecule has 27 heavy (non-hydrogen) atoms. The van der Waals surface area contributed by atoms with Gasteiger partial charge in [-0.1, -0.05) is 57.4 Å². The predicted molar refractivity (Wildman–Crippen MR) is 112 cm³/mol. The first-order valence-corrected chi connectivity index (χ1v) is 9.91. The number of amides is 2. The van der Waals surface area contributed by atoms with Crippen molar-refractivity contribution >= 4 is 23.2 Å². The number of para-hydroxylation sites is 1. The zero-order valence-electron chi connectivity index (χ0n) is 16.5. The second-order valence-electron chi connectivity index (χ2n) is 6.69. The van der Waals surface area contributed by atoms with Gasteiger partial charge in [0.25, 0.3) is 5.91 Å². The topological polar surface area (TPSA) is 58.2 Å². The lowest BCUT2D eigenvalue weighted by Crippen LogP contribution is -2.26. The maximum Gasteiger partial charge on any atom is 0.257 e. The third-order valence-corrected chi connectivity index (χ3v) is 4.68. The molecule has 1 fully saturated rings. The standard InChI is InChI=1S/C21H24N2O2.C2H6/c1-15-8-7-11-17(14-15)22-21(25)18-12-5-6-13-19(18)23-20(24)16-9-3-2-4-10-16;1-2/h5-8,11-14,16H,2-4,9-10H2,1H3,(H,22,25)(H,23,24);1-2H3. The quantitative estimate of drug-likeness (QED) is 0.719. The van der Waals surface area contributed by atoms with Crippen LogP contribution in [0, 0.1) is 12.8 Å². The normalized spacial score (nSPS) is 13.9. The number of hydrogen-bond donors (Lipinski definition) is 2. The molecule has 3 rings (SSSR count). The number of rotatable bonds is 4. The van der Waals surface area contributed by atoms with E-state index in [2.05, 4.69) is 10.6 Å². The molecule has 0 heterocycles. The first kappa shape index (κ1) is 20.7. The maximum absolute atomic E-state index is 12.6. The van der Waals surface area contributed by atoms with Gasteiger partial charge >= 0.3 is 0 Å². The fourth-order valence-electron chi connectivity index (χ4n) is 3.31. The van der Waals surface area contributed by atoms with Gasteiger partial charge in [0.1, 0.15) is 0 Å².